The Morgan fingerprint density at radius 3 is 2.39 bits per heavy atom. The van der Waals surface area contributed by atoms with E-state index in [4.69, 9.17) is 0 Å². The van der Waals surface area contributed by atoms with E-state index in [1.807, 2.05) is 0 Å². The lowest BCUT2D eigenvalue weighted by Crippen LogP contribution is -2.34. The highest BCUT2D eigenvalue weighted by Crippen LogP contribution is 2.35. The second kappa shape index (κ2) is 5.84. The molecule has 0 radical (unpaired) electrons. The quantitative estimate of drug-likeness (QED) is 0.634. The molecule has 0 bridgehead atoms. The lowest BCUT2D eigenvalue weighted by atomic mass is 10.0. The molecule has 0 aliphatic carbocycles. The number of sulfone groups is 1. The van der Waals surface area contributed by atoms with Crippen molar-refractivity contribution in [1.82, 2.24) is 0 Å². The van der Waals surface area contributed by atoms with E-state index in [2.05, 4.69) is 0 Å². The van der Waals surface area contributed by atoms with Crippen LogP contribution >= 0.6 is 0 Å². The second-order valence-corrected chi connectivity index (χ2v) is 7.34. The van der Waals surface area contributed by atoms with Crippen LogP contribution in [0.3, 0.4) is 0 Å². The molecule has 0 fully saturated rings. The average Bonchev–Trinajstić information content (AvgIpc) is 2.46. The van der Waals surface area contributed by atoms with Crippen molar-refractivity contribution in [1.29, 1.82) is 0 Å². The fourth-order valence-electron chi connectivity index (χ4n) is 2.24. The Bertz CT molecular complexity index is 832. The molecule has 0 saturated carbocycles. The summed E-state index contributed by atoms with van der Waals surface area (Å²) in [5.41, 5.74) is -0.505. The summed E-state index contributed by atoms with van der Waals surface area (Å²) >= 11 is 0. The molecule has 1 atom stereocenters. The molecule has 1 heterocycles. The summed E-state index contributed by atoms with van der Waals surface area (Å²) in [5, 5.41) is 9.89. The van der Waals surface area contributed by atoms with Crippen LogP contribution in [-0.2, 0) is 16.0 Å². The van der Waals surface area contributed by atoms with E-state index in [1.165, 1.54) is 32.0 Å². The molecule has 0 saturated heterocycles. The Kier molecular flexibility index (Phi) is 4.39. The first-order chi connectivity index (χ1) is 10.5. The lowest BCUT2D eigenvalue weighted by molar-refractivity contribution is -0.646. The van der Waals surface area contributed by atoms with Crippen molar-refractivity contribution in [3.63, 3.8) is 0 Å². The van der Waals surface area contributed by atoms with E-state index in [0.29, 0.717) is 5.56 Å². The van der Waals surface area contributed by atoms with Crippen LogP contribution in [0.4, 0.5) is 13.2 Å². The maximum atomic E-state index is 12.8. The van der Waals surface area contributed by atoms with Gasteiger partial charge in [-0.15, -0.1) is 0 Å². The standard InChI is InChI=1S/C15H14F3NO3S/c1-10-6-7-12(15(16,17)18)9-13(10)11(2)23(21,22)14-5-3-4-8-19(14)20/h3-9,11H,1-2H3. The summed E-state index contributed by atoms with van der Waals surface area (Å²) in [6.45, 7) is 2.79. The van der Waals surface area contributed by atoms with Crippen LogP contribution in [0.5, 0.6) is 0 Å². The zero-order valence-electron chi connectivity index (χ0n) is 12.3. The van der Waals surface area contributed by atoms with Gasteiger partial charge in [-0.1, -0.05) is 6.07 Å². The highest BCUT2D eigenvalue weighted by molar-refractivity contribution is 7.91. The molecular formula is C15H14F3NO3S. The van der Waals surface area contributed by atoms with Crippen molar-refractivity contribution in [3.8, 4) is 0 Å². The fraction of sp³-hybridized carbons (Fsp3) is 0.267. The van der Waals surface area contributed by atoms with Crippen LogP contribution in [0.1, 0.15) is 28.9 Å². The Balaban J connectivity index is 2.56. The number of benzene rings is 1. The number of halogens is 3. The Hall–Kier alpha value is -2.09. The van der Waals surface area contributed by atoms with Gasteiger partial charge in [0, 0.05) is 12.1 Å². The Labute approximate surface area is 131 Å². The fourth-order valence-corrected chi connectivity index (χ4v) is 3.77. The summed E-state index contributed by atoms with van der Waals surface area (Å²) in [6.07, 6.45) is -3.55. The molecule has 4 nitrogen and oxygen atoms in total. The van der Waals surface area contributed by atoms with Crippen LogP contribution in [0, 0.1) is 12.1 Å². The second-order valence-electron chi connectivity index (χ2n) is 5.12. The minimum Gasteiger partial charge on any atom is -0.618 e. The molecule has 2 rings (SSSR count). The number of hydrogen-bond acceptors (Lipinski definition) is 3. The number of pyridine rings is 1. The average molecular weight is 345 g/mol. The number of rotatable bonds is 3. The van der Waals surface area contributed by atoms with Crippen molar-refractivity contribution in [2.45, 2.75) is 30.3 Å². The summed E-state index contributed by atoms with van der Waals surface area (Å²) in [5.74, 6) is 0. The van der Waals surface area contributed by atoms with Crippen LogP contribution in [0.15, 0.2) is 47.6 Å². The van der Waals surface area contributed by atoms with Crippen LogP contribution in [-0.4, -0.2) is 8.42 Å². The highest BCUT2D eigenvalue weighted by Gasteiger charge is 2.35. The zero-order chi connectivity index (χ0) is 17.4. The first-order valence-electron chi connectivity index (χ1n) is 6.65. The van der Waals surface area contributed by atoms with Crippen LogP contribution in [0.25, 0.3) is 0 Å². The van der Waals surface area contributed by atoms with Gasteiger partial charge >= 0.3 is 11.2 Å². The Morgan fingerprint density at radius 1 is 1.17 bits per heavy atom. The minimum atomic E-state index is -4.57. The number of aryl methyl sites for hydroxylation is 1. The molecule has 0 spiro atoms. The van der Waals surface area contributed by atoms with Gasteiger partial charge in [0.25, 0.3) is 0 Å². The maximum absolute atomic E-state index is 12.8. The van der Waals surface area contributed by atoms with Gasteiger partial charge in [0.05, 0.1) is 10.8 Å². The maximum Gasteiger partial charge on any atom is 0.416 e. The number of alkyl halides is 3. The molecule has 0 N–H and O–H groups in total. The molecule has 23 heavy (non-hydrogen) atoms. The van der Waals surface area contributed by atoms with Crippen LogP contribution < -0.4 is 4.73 Å². The summed E-state index contributed by atoms with van der Waals surface area (Å²) in [6, 6.07) is 6.81. The van der Waals surface area contributed by atoms with Crippen molar-refractivity contribution in [2.24, 2.45) is 0 Å². The smallest absolute Gasteiger partial charge is 0.416 e. The molecular weight excluding hydrogens is 331 g/mol. The lowest BCUT2D eigenvalue weighted by Gasteiger charge is -2.17. The van der Waals surface area contributed by atoms with Gasteiger partial charge in [-0.3, -0.25) is 0 Å². The van der Waals surface area contributed by atoms with E-state index in [9.17, 15) is 26.8 Å². The summed E-state index contributed by atoms with van der Waals surface area (Å²) in [4.78, 5) is 0. The largest absolute Gasteiger partial charge is 0.618 e. The van der Waals surface area contributed by atoms with Crippen LogP contribution in [0.2, 0.25) is 0 Å². The van der Waals surface area contributed by atoms with Crippen molar-refractivity contribution in [3.05, 3.63) is 64.5 Å². The molecule has 124 valence electrons. The predicted molar refractivity (Wildman–Crippen MR) is 77.2 cm³/mol. The SMILES string of the molecule is Cc1ccc(C(F)(F)F)cc1C(C)S(=O)(=O)c1cccc[n+]1[O-]. The first kappa shape index (κ1) is 17.3. The third-order valence-electron chi connectivity index (χ3n) is 3.59. The topological polar surface area (TPSA) is 61.1 Å². The van der Waals surface area contributed by atoms with Gasteiger partial charge in [-0.05, 0) is 43.2 Å². The van der Waals surface area contributed by atoms with E-state index in [1.54, 1.807) is 0 Å². The number of hydrogen-bond donors (Lipinski definition) is 0. The van der Waals surface area contributed by atoms with Gasteiger partial charge in [0.1, 0.15) is 0 Å². The molecule has 8 heteroatoms. The van der Waals surface area contributed by atoms with Gasteiger partial charge in [0.15, 0.2) is 6.20 Å². The van der Waals surface area contributed by atoms with Crippen molar-refractivity contribution < 1.29 is 26.3 Å². The molecule has 0 amide bonds. The Morgan fingerprint density at radius 2 is 1.83 bits per heavy atom. The van der Waals surface area contributed by atoms with Gasteiger partial charge < -0.3 is 5.21 Å². The predicted octanol–water partition coefficient (Wildman–Crippen LogP) is 3.18. The first-order valence-corrected chi connectivity index (χ1v) is 8.19. The van der Waals surface area contributed by atoms with Crippen molar-refractivity contribution in [2.75, 3.05) is 0 Å². The van der Waals surface area contributed by atoms with E-state index >= 15 is 0 Å². The van der Waals surface area contributed by atoms with Crippen molar-refractivity contribution >= 4 is 9.84 Å². The van der Waals surface area contributed by atoms with Gasteiger partial charge in [-0.2, -0.15) is 17.9 Å². The minimum absolute atomic E-state index is 0.0173. The summed E-state index contributed by atoms with van der Waals surface area (Å²) in [7, 11) is -4.12. The zero-order valence-corrected chi connectivity index (χ0v) is 13.1. The molecule has 0 aliphatic heterocycles. The highest BCUT2D eigenvalue weighted by atomic mass is 32.2. The number of nitrogens with zero attached hydrogens (tertiary/aromatic N) is 1. The van der Waals surface area contributed by atoms with Gasteiger partial charge in [-0.25, -0.2) is 8.42 Å². The molecule has 1 unspecified atom stereocenters. The van der Waals surface area contributed by atoms with E-state index in [-0.39, 0.29) is 10.3 Å². The normalized spacial score (nSPS) is 13.8. The molecule has 1 aromatic carbocycles. The molecule has 1 aromatic heterocycles. The monoisotopic (exact) mass is 345 g/mol. The number of aromatic nitrogens is 1. The third kappa shape index (κ3) is 3.31. The molecule has 2 aromatic rings. The van der Waals surface area contributed by atoms with Gasteiger partial charge in [0.2, 0.25) is 9.84 Å². The van der Waals surface area contributed by atoms with E-state index < -0.39 is 31.9 Å². The van der Waals surface area contributed by atoms with E-state index in [0.717, 1.165) is 24.4 Å². The third-order valence-corrected chi connectivity index (χ3v) is 5.67. The molecule has 0 aliphatic rings. The summed E-state index contributed by atoms with van der Waals surface area (Å²) < 4.78 is 63.8.